The van der Waals surface area contributed by atoms with Gasteiger partial charge in [-0.3, -0.25) is 4.90 Å². The first kappa shape index (κ1) is 14.4. The highest BCUT2D eigenvalue weighted by Crippen LogP contribution is 2.13. The Balaban J connectivity index is 2.63. The van der Waals surface area contributed by atoms with Crippen LogP contribution in [-0.4, -0.2) is 24.6 Å². The van der Waals surface area contributed by atoms with Crippen LogP contribution in [0.3, 0.4) is 0 Å². The van der Waals surface area contributed by atoms with Crippen LogP contribution in [0.25, 0.3) is 0 Å². The molecule has 18 heavy (non-hydrogen) atoms. The first-order valence-electron chi connectivity index (χ1n) is 5.97. The Hall–Kier alpha value is -1.62. The number of carbonyl (C=O) groups excluding carboxylic acids is 1. The van der Waals surface area contributed by atoms with Crippen LogP contribution in [0.15, 0.2) is 24.3 Å². The first-order valence-corrected chi connectivity index (χ1v) is 6.38. The van der Waals surface area contributed by atoms with Crippen molar-refractivity contribution in [3.05, 3.63) is 29.8 Å². The Kier molecular flexibility index (Phi) is 5.58. The number of amides is 2. The number of carbonyl (C=O) groups is 1. The molecule has 1 aromatic rings. The summed E-state index contributed by atoms with van der Waals surface area (Å²) < 4.78 is 0. The lowest BCUT2D eigenvalue weighted by molar-refractivity contribution is 0.247. The van der Waals surface area contributed by atoms with E-state index in [-0.39, 0.29) is 6.03 Å². The minimum absolute atomic E-state index is 0.105. The van der Waals surface area contributed by atoms with Crippen molar-refractivity contribution in [2.75, 3.05) is 18.5 Å². The zero-order chi connectivity index (χ0) is 13.5. The topological polar surface area (TPSA) is 58.4 Å². The van der Waals surface area contributed by atoms with E-state index in [4.69, 9.17) is 18.0 Å². The fourth-order valence-electron chi connectivity index (χ4n) is 1.46. The zero-order valence-electron chi connectivity index (χ0n) is 10.8. The molecule has 0 saturated heterocycles. The predicted octanol–water partition coefficient (Wildman–Crippen LogP) is 2.27. The Labute approximate surface area is 113 Å². The van der Waals surface area contributed by atoms with Gasteiger partial charge in [0.1, 0.15) is 4.99 Å². The highest BCUT2D eigenvalue weighted by molar-refractivity contribution is 7.80. The van der Waals surface area contributed by atoms with Crippen molar-refractivity contribution >= 4 is 28.9 Å². The van der Waals surface area contributed by atoms with E-state index in [1.165, 1.54) is 0 Å². The Morgan fingerprint density at radius 3 is 2.50 bits per heavy atom. The van der Waals surface area contributed by atoms with Gasteiger partial charge in [0.05, 0.1) is 0 Å². The Morgan fingerprint density at radius 1 is 1.39 bits per heavy atom. The summed E-state index contributed by atoms with van der Waals surface area (Å²) in [5, 5.41) is 2.86. The zero-order valence-corrected chi connectivity index (χ0v) is 11.6. The molecule has 0 radical (unpaired) electrons. The van der Waals surface area contributed by atoms with Crippen LogP contribution in [0, 0.1) is 0 Å². The summed E-state index contributed by atoms with van der Waals surface area (Å²) in [7, 11) is 1.73. The summed E-state index contributed by atoms with van der Waals surface area (Å²) in [5.41, 5.74) is 7.13. The van der Waals surface area contributed by atoms with Crippen molar-refractivity contribution in [2.45, 2.75) is 19.8 Å². The molecule has 0 atom stereocenters. The minimum Gasteiger partial charge on any atom is -0.389 e. The van der Waals surface area contributed by atoms with Crippen molar-refractivity contribution in [3.8, 4) is 0 Å². The van der Waals surface area contributed by atoms with Crippen LogP contribution in [0.4, 0.5) is 10.5 Å². The van der Waals surface area contributed by atoms with Crippen molar-refractivity contribution in [3.63, 3.8) is 0 Å². The maximum atomic E-state index is 11.8. The third-order valence-electron chi connectivity index (χ3n) is 2.65. The molecule has 0 aliphatic carbocycles. The quantitative estimate of drug-likeness (QED) is 0.634. The van der Waals surface area contributed by atoms with Crippen molar-refractivity contribution < 1.29 is 4.79 Å². The molecule has 0 aliphatic heterocycles. The van der Waals surface area contributed by atoms with Gasteiger partial charge >= 0.3 is 6.03 Å². The molecular weight excluding hydrogens is 246 g/mol. The summed E-state index contributed by atoms with van der Waals surface area (Å²) in [6, 6.07) is 7.18. The number of hydrogen-bond acceptors (Lipinski definition) is 2. The minimum atomic E-state index is -0.105. The molecule has 0 aromatic heterocycles. The van der Waals surface area contributed by atoms with Gasteiger partial charge in [0.2, 0.25) is 0 Å². The van der Waals surface area contributed by atoms with Gasteiger partial charge in [0.15, 0.2) is 0 Å². The largest absolute Gasteiger partial charge is 0.389 e. The standard InChI is InChI=1S/C13H19N3OS/c1-3-4-9-15-13(17)16(2)11-7-5-10(6-8-11)12(14)18/h5-8H,3-4,9H2,1-2H3,(H2,14,18)(H,15,17). The van der Waals surface area contributed by atoms with Crippen LogP contribution in [-0.2, 0) is 0 Å². The van der Waals surface area contributed by atoms with E-state index in [1.807, 2.05) is 24.3 Å². The van der Waals surface area contributed by atoms with Crippen molar-refractivity contribution in [1.29, 1.82) is 0 Å². The summed E-state index contributed by atoms with van der Waals surface area (Å²) in [6.07, 6.45) is 2.05. The van der Waals surface area contributed by atoms with Crippen LogP contribution < -0.4 is 16.0 Å². The average Bonchev–Trinajstić information content (AvgIpc) is 2.38. The van der Waals surface area contributed by atoms with E-state index in [1.54, 1.807) is 11.9 Å². The molecule has 0 heterocycles. The average molecular weight is 265 g/mol. The fourth-order valence-corrected chi connectivity index (χ4v) is 1.59. The van der Waals surface area contributed by atoms with Crippen LogP contribution in [0.1, 0.15) is 25.3 Å². The number of nitrogens with zero attached hydrogens (tertiary/aromatic N) is 1. The molecule has 0 unspecified atom stereocenters. The lowest BCUT2D eigenvalue weighted by atomic mass is 10.2. The second-order valence-electron chi connectivity index (χ2n) is 4.06. The second kappa shape index (κ2) is 6.96. The predicted molar refractivity (Wildman–Crippen MR) is 79.0 cm³/mol. The van der Waals surface area contributed by atoms with Crippen molar-refractivity contribution in [2.24, 2.45) is 5.73 Å². The summed E-state index contributed by atoms with van der Waals surface area (Å²) in [4.78, 5) is 13.7. The number of rotatable bonds is 5. The first-order chi connectivity index (χ1) is 8.56. The lowest BCUT2D eigenvalue weighted by Gasteiger charge is -2.18. The molecule has 1 rings (SSSR count). The number of thiocarbonyl (C=S) groups is 1. The Bertz CT molecular complexity index is 417. The molecule has 5 heteroatoms. The molecule has 0 bridgehead atoms. The number of benzene rings is 1. The van der Waals surface area contributed by atoms with Gasteiger partial charge in [0.25, 0.3) is 0 Å². The molecule has 2 amide bonds. The summed E-state index contributed by atoms with van der Waals surface area (Å²) in [5.74, 6) is 0. The number of unbranched alkanes of at least 4 members (excludes halogenated alkanes) is 1. The molecule has 0 aliphatic rings. The molecule has 1 aromatic carbocycles. The van der Waals surface area contributed by atoms with E-state index in [2.05, 4.69) is 12.2 Å². The highest BCUT2D eigenvalue weighted by Gasteiger charge is 2.09. The third kappa shape index (κ3) is 4.00. The number of nitrogens with two attached hydrogens (primary N) is 1. The molecule has 3 N–H and O–H groups in total. The monoisotopic (exact) mass is 265 g/mol. The highest BCUT2D eigenvalue weighted by atomic mass is 32.1. The number of anilines is 1. The van der Waals surface area contributed by atoms with E-state index < -0.39 is 0 Å². The SMILES string of the molecule is CCCCNC(=O)N(C)c1ccc(C(N)=S)cc1. The molecule has 4 nitrogen and oxygen atoms in total. The number of nitrogens with one attached hydrogen (secondary N) is 1. The maximum Gasteiger partial charge on any atom is 0.321 e. The molecule has 0 fully saturated rings. The van der Waals surface area contributed by atoms with E-state index in [0.29, 0.717) is 11.5 Å². The normalized spacial score (nSPS) is 9.89. The van der Waals surface area contributed by atoms with Gasteiger partial charge in [0, 0.05) is 24.8 Å². The molecule has 98 valence electrons. The molecular formula is C13H19N3OS. The van der Waals surface area contributed by atoms with Gasteiger partial charge in [-0.15, -0.1) is 0 Å². The van der Waals surface area contributed by atoms with Gasteiger partial charge < -0.3 is 11.1 Å². The van der Waals surface area contributed by atoms with E-state index in [0.717, 1.165) is 24.1 Å². The Morgan fingerprint density at radius 2 is 2.00 bits per heavy atom. The summed E-state index contributed by atoms with van der Waals surface area (Å²) >= 11 is 4.88. The second-order valence-corrected chi connectivity index (χ2v) is 4.50. The summed E-state index contributed by atoms with van der Waals surface area (Å²) in [6.45, 7) is 2.79. The maximum absolute atomic E-state index is 11.8. The smallest absolute Gasteiger partial charge is 0.321 e. The van der Waals surface area contributed by atoms with Gasteiger partial charge in [-0.25, -0.2) is 4.79 Å². The van der Waals surface area contributed by atoms with Gasteiger partial charge in [-0.2, -0.15) is 0 Å². The lowest BCUT2D eigenvalue weighted by Crippen LogP contribution is -2.37. The number of urea groups is 1. The van der Waals surface area contributed by atoms with E-state index >= 15 is 0 Å². The van der Waals surface area contributed by atoms with Crippen LogP contribution >= 0.6 is 12.2 Å². The molecule has 0 saturated carbocycles. The third-order valence-corrected chi connectivity index (χ3v) is 2.89. The van der Waals surface area contributed by atoms with E-state index in [9.17, 15) is 4.79 Å². The van der Waals surface area contributed by atoms with Crippen LogP contribution in [0.5, 0.6) is 0 Å². The molecule has 0 spiro atoms. The fraction of sp³-hybridized carbons (Fsp3) is 0.385. The van der Waals surface area contributed by atoms with Gasteiger partial charge in [-0.1, -0.05) is 25.6 Å². The van der Waals surface area contributed by atoms with Gasteiger partial charge in [-0.05, 0) is 30.7 Å². The van der Waals surface area contributed by atoms with Crippen LogP contribution in [0.2, 0.25) is 0 Å². The number of hydrogen-bond donors (Lipinski definition) is 2. The van der Waals surface area contributed by atoms with Crippen molar-refractivity contribution in [1.82, 2.24) is 5.32 Å².